The molecule has 1 atom stereocenters. The van der Waals surface area contributed by atoms with Crippen LogP contribution in [-0.2, 0) is 37.8 Å². The molecule has 0 fully saturated rings. The van der Waals surface area contributed by atoms with Crippen LogP contribution in [0.5, 0.6) is 0 Å². The van der Waals surface area contributed by atoms with Crippen molar-refractivity contribution >= 4 is 39.2 Å². The smallest absolute Gasteiger partial charge is 0.336 e. The molecule has 14 nitrogen and oxygen atoms in total. The minimum Gasteiger partial charge on any atom is -0.461 e. The first-order valence-electron chi connectivity index (χ1n) is 17.0. The molecule has 4 aromatic rings. The molecular weight excluding hydrogens is 727 g/mol. The number of pyridine rings is 1. The van der Waals surface area contributed by atoms with Crippen LogP contribution >= 0.6 is 0 Å². The molecule has 0 saturated carbocycles. The zero-order valence-electron chi connectivity index (χ0n) is 30.6. The second-order valence-electron chi connectivity index (χ2n) is 13.5. The summed E-state index contributed by atoms with van der Waals surface area (Å²) in [4.78, 5) is 67.4. The summed E-state index contributed by atoms with van der Waals surface area (Å²) in [5.41, 5.74) is -2.55. The van der Waals surface area contributed by atoms with Gasteiger partial charge in [0.15, 0.2) is 0 Å². The average Bonchev–Trinajstić information content (AvgIpc) is 3.12. The standard InChI is InChI=1S/C37H42F2N6O8S/c1-7-24(8-2)53-34(48)29(15-9-22-10-16-31(40-21-22)45-32(46)17-18-44(6)36(45)50)42-33(47)26-19-28(39)30(20-27(26)38)43-54(51,52)25-13-11-23(12-14-25)41-35(49)37(3,4)5/h10-14,16-21,24,29,43H,7-9,15H2,1-6H3,(H,41,49)(H,42,47)/t29-/m0/s1. The monoisotopic (exact) mass is 768 g/mol. The van der Waals surface area contributed by atoms with Crippen molar-refractivity contribution in [3.05, 3.63) is 111 Å². The molecule has 0 aliphatic heterocycles. The third-order valence-corrected chi connectivity index (χ3v) is 9.73. The predicted octanol–water partition coefficient (Wildman–Crippen LogP) is 4.46. The third kappa shape index (κ3) is 10.0. The number of rotatable bonds is 14. The fraction of sp³-hybridized carbons (Fsp3) is 0.351. The second-order valence-corrected chi connectivity index (χ2v) is 15.2. The van der Waals surface area contributed by atoms with E-state index >= 15 is 8.78 Å². The van der Waals surface area contributed by atoms with Crippen LogP contribution in [0.25, 0.3) is 5.82 Å². The van der Waals surface area contributed by atoms with Gasteiger partial charge in [-0.1, -0.05) is 40.7 Å². The van der Waals surface area contributed by atoms with Gasteiger partial charge < -0.3 is 19.9 Å². The van der Waals surface area contributed by atoms with Crippen molar-refractivity contribution in [3.63, 3.8) is 0 Å². The summed E-state index contributed by atoms with van der Waals surface area (Å²) < 4.78 is 66.2. The molecule has 0 aliphatic carbocycles. The van der Waals surface area contributed by atoms with E-state index < -0.39 is 73.6 Å². The highest BCUT2D eigenvalue weighted by Crippen LogP contribution is 2.25. The SMILES string of the molecule is CCC(CC)OC(=O)[C@H](CCc1ccc(-n2c(=O)ccn(C)c2=O)nc1)NC(=O)c1cc(F)c(NS(=O)(=O)c2ccc(NC(=O)C(C)(C)C)cc2)cc1F. The van der Waals surface area contributed by atoms with Gasteiger partial charge in [-0.25, -0.2) is 36.3 Å². The van der Waals surface area contributed by atoms with Crippen LogP contribution in [0.3, 0.4) is 0 Å². The van der Waals surface area contributed by atoms with Crippen LogP contribution in [0, 0.1) is 17.0 Å². The number of hydrogen-bond acceptors (Lipinski definition) is 9. The maximum Gasteiger partial charge on any atom is 0.336 e. The largest absolute Gasteiger partial charge is 0.461 e. The van der Waals surface area contributed by atoms with Crippen LogP contribution in [-0.4, -0.2) is 52.5 Å². The van der Waals surface area contributed by atoms with Crippen molar-refractivity contribution < 1.29 is 36.3 Å². The molecule has 0 saturated heterocycles. The number of carbonyl (C=O) groups excluding carboxylic acids is 3. The van der Waals surface area contributed by atoms with E-state index in [1.165, 1.54) is 60.4 Å². The Morgan fingerprint density at radius 1 is 0.944 bits per heavy atom. The van der Waals surface area contributed by atoms with Gasteiger partial charge in [0.1, 0.15) is 29.6 Å². The zero-order chi connectivity index (χ0) is 40.0. The number of aryl methyl sites for hydroxylation is 2. The molecule has 0 unspecified atom stereocenters. The molecule has 2 amide bonds. The fourth-order valence-corrected chi connectivity index (χ4v) is 6.07. The first-order chi connectivity index (χ1) is 25.3. The lowest BCUT2D eigenvalue weighted by atomic mass is 9.95. The van der Waals surface area contributed by atoms with Crippen molar-refractivity contribution in [1.29, 1.82) is 0 Å². The molecular formula is C37H42F2N6O8S. The van der Waals surface area contributed by atoms with E-state index in [0.29, 0.717) is 36.2 Å². The number of ether oxygens (including phenoxy) is 1. The summed E-state index contributed by atoms with van der Waals surface area (Å²) in [5, 5.41) is 5.06. The summed E-state index contributed by atoms with van der Waals surface area (Å²) in [6.07, 6.45) is 3.32. The van der Waals surface area contributed by atoms with E-state index in [-0.39, 0.29) is 29.5 Å². The van der Waals surface area contributed by atoms with Crippen molar-refractivity contribution in [1.82, 2.24) is 19.4 Å². The first kappa shape index (κ1) is 41.1. The van der Waals surface area contributed by atoms with E-state index in [9.17, 15) is 32.4 Å². The molecule has 2 heterocycles. The minimum atomic E-state index is -4.43. The lowest BCUT2D eigenvalue weighted by Crippen LogP contribution is -2.43. The number of anilines is 2. The van der Waals surface area contributed by atoms with Gasteiger partial charge in [0.2, 0.25) is 5.91 Å². The lowest BCUT2D eigenvalue weighted by Gasteiger charge is -2.21. The van der Waals surface area contributed by atoms with Crippen molar-refractivity contribution in [2.24, 2.45) is 12.5 Å². The molecule has 3 N–H and O–H groups in total. The Kier molecular flexibility index (Phi) is 12.9. The molecule has 2 aromatic heterocycles. The number of nitrogens with one attached hydrogen (secondary N) is 3. The first-order valence-corrected chi connectivity index (χ1v) is 18.5. The van der Waals surface area contributed by atoms with Gasteiger partial charge in [0.05, 0.1) is 16.1 Å². The Bertz CT molecular complexity index is 2250. The summed E-state index contributed by atoms with van der Waals surface area (Å²) in [6, 6.07) is 8.98. The highest BCUT2D eigenvalue weighted by Gasteiger charge is 2.28. The van der Waals surface area contributed by atoms with E-state index in [0.717, 1.165) is 4.57 Å². The zero-order valence-corrected chi connectivity index (χ0v) is 31.4. The Balaban J connectivity index is 1.51. The summed E-state index contributed by atoms with van der Waals surface area (Å²) in [5.74, 6) is -4.74. The fourth-order valence-electron chi connectivity index (χ4n) is 5.01. The quantitative estimate of drug-likeness (QED) is 0.156. The number of aromatic nitrogens is 3. The normalized spacial score (nSPS) is 12.2. The Morgan fingerprint density at radius 3 is 2.20 bits per heavy atom. The summed E-state index contributed by atoms with van der Waals surface area (Å²) in [6.45, 7) is 8.74. The highest BCUT2D eigenvalue weighted by atomic mass is 32.2. The number of benzene rings is 2. The molecule has 2 aromatic carbocycles. The maximum atomic E-state index is 15.3. The van der Waals surface area contributed by atoms with Crippen molar-refractivity contribution in [3.8, 4) is 5.82 Å². The summed E-state index contributed by atoms with van der Waals surface area (Å²) in [7, 11) is -2.95. The molecule has 17 heteroatoms. The highest BCUT2D eigenvalue weighted by molar-refractivity contribution is 7.92. The Hall–Kier alpha value is -5.71. The van der Waals surface area contributed by atoms with E-state index in [4.69, 9.17) is 4.74 Å². The van der Waals surface area contributed by atoms with Gasteiger partial charge in [-0.15, -0.1) is 0 Å². The molecule has 4 rings (SSSR count). The second kappa shape index (κ2) is 17.0. The summed E-state index contributed by atoms with van der Waals surface area (Å²) >= 11 is 0. The third-order valence-electron chi connectivity index (χ3n) is 8.35. The number of amides is 2. The van der Waals surface area contributed by atoms with Crippen molar-refractivity contribution in [2.45, 2.75) is 77.3 Å². The maximum absolute atomic E-state index is 15.3. The average molecular weight is 769 g/mol. The molecule has 0 aliphatic rings. The van der Waals surface area contributed by atoms with Gasteiger partial charge in [0, 0.05) is 42.7 Å². The van der Waals surface area contributed by atoms with Crippen LogP contribution in [0.4, 0.5) is 20.2 Å². The van der Waals surface area contributed by atoms with Crippen molar-refractivity contribution in [2.75, 3.05) is 10.0 Å². The topological polar surface area (TPSA) is 188 Å². The molecule has 288 valence electrons. The van der Waals surface area contributed by atoms with Gasteiger partial charge in [0.25, 0.3) is 21.5 Å². The number of halogens is 2. The number of nitrogens with zero attached hydrogens (tertiary/aromatic N) is 3. The number of esters is 1. The Morgan fingerprint density at radius 2 is 1.61 bits per heavy atom. The van der Waals surface area contributed by atoms with Crippen LogP contribution in [0.1, 0.15) is 69.8 Å². The van der Waals surface area contributed by atoms with Gasteiger partial charge in [-0.2, -0.15) is 0 Å². The van der Waals surface area contributed by atoms with Gasteiger partial charge in [-0.05, 0) is 67.6 Å². The molecule has 0 radical (unpaired) electrons. The van der Waals surface area contributed by atoms with E-state index in [2.05, 4.69) is 15.6 Å². The predicted molar refractivity (Wildman–Crippen MR) is 197 cm³/mol. The minimum absolute atomic E-state index is 0.0561. The van der Waals surface area contributed by atoms with E-state index in [1.807, 2.05) is 18.6 Å². The molecule has 54 heavy (non-hydrogen) atoms. The molecule has 0 spiro atoms. The van der Waals surface area contributed by atoms with Gasteiger partial charge in [-0.3, -0.25) is 19.1 Å². The van der Waals surface area contributed by atoms with E-state index in [1.54, 1.807) is 26.8 Å². The van der Waals surface area contributed by atoms with Crippen LogP contribution in [0.2, 0.25) is 0 Å². The van der Waals surface area contributed by atoms with Crippen LogP contribution < -0.4 is 26.6 Å². The number of sulfonamides is 1. The Labute approximate surface area is 310 Å². The number of hydrogen-bond donors (Lipinski definition) is 3. The number of carbonyl (C=O) groups is 3. The molecule has 0 bridgehead atoms. The van der Waals surface area contributed by atoms with Gasteiger partial charge >= 0.3 is 11.7 Å². The van der Waals surface area contributed by atoms with Crippen LogP contribution in [0.15, 0.2) is 81.5 Å². The lowest BCUT2D eigenvalue weighted by molar-refractivity contribution is -0.151.